The Morgan fingerprint density at radius 3 is 2.50 bits per heavy atom. The summed E-state index contributed by atoms with van der Waals surface area (Å²) < 4.78 is 1.94. The van der Waals surface area contributed by atoms with Gasteiger partial charge in [0.05, 0.1) is 6.20 Å². The van der Waals surface area contributed by atoms with Crippen molar-refractivity contribution in [3.63, 3.8) is 0 Å². The Bertz CT molecular complexity index is 911. The SMILES string of the molecule is CCCn1ncc2c1NC(=O)CC2c1cc(C)cc(CN2CCN(CC)CC2)c1C. The molecule has 0 aliphatic carbocycles. The number of nitrogens with one attached hydrogen (secondary N) is 1. The third-order valence-electron chi connectivity index (χ3n) is 6.71. The van der Waals surface area contributed by atoms with Crippen LogP contribution in [0.1, 0.15) is 60.4 Å². The number of hydrogen-bond donors (Lipinski definition) is 1. The topological polar surface area (TPSA) is 53.4 Å². The monoisotopic (exact) mass is 409 g/mol. The minimum absolute atomic E-state index is 0.0787. The van der Waals surface area contributed by atoms with Crippen molar-refractivity contribution in [1.29, 1.82) is 0 Å². The van der Waals surface area contributed by atoms with Crippen molar-refractivity contribution >= 4 is 11.7 Å². The first-order chi connectivity index (χ1) is 14.5. The van der Waals surface area contributed by atoms with Gasteiger partial charge in [-0.25, -0.2) is 4.68 Å². The minimum Gasteiger partial charge on any atom is -0.311 e. The molecule has 3 heterocycles. The van der Waals surface area contributed by atoms with E-state index in [-0.39, 0.29) is 11.8 Å². The molecule has 1 saturated heterocycles. The number of rotatable bonds is 6. The van der Waals surface area contributed by atoms with Crippen LogP contribution in [0.3, 0.4) is 0 Å². The first-order valence-electron chi connectivity index (χ1n) is 11.4. The third-order valence-corrected chi connectivity index (χ3v) is 6.71. The van der Waals surface area contributed by atoms with Crippen LogP contribution in [0.5, 0.6) is 0 Å². The van der Waals surface area contributed by atoms with Gasteiger partial charge >= 0.3 is 0 Å². The molecule has 30 heavy (non-hydrogen) atoms. The van der Waals surface area contributed by atoms with Crippen molar-refractivity contribution in [1.82, 2.24) is 19.6 Å². The molecule has 0 saturated carbocycles. The number of aryl methyl sites for hydroxylation is 2. The predicted octanol–water partition coefficient (Wildman–Crippen LogP) is 3.52. The number of benzene rings is 1. The molecule has 2 aliphatic heterocycles. The standard InChI is InChI=1S/C24H35N5O/c1-5-7-29-24-22(15-25-29)21(14-23(30)26-24)20-13-17(3)12-19(18(20)4)16-28-10-8-27(6-2)9-11-28/h12-13,15,21H,5-11,14,16H2,1-4H3,(H,26,30). The second kappa shape index (κ2) is 8.90. The highest BCUT2D eigenvalue weighted by molar-refractivity contribution is 5.94. The fourth-order valence-electron chi connectivity index (χ4n) is 4.92. The Balaban J connectivity index is 1.63. The van der Waals surface area contributed by atoms with E-state index in [1.54, 1.807) is 0 Å². The fraction of sp³-hybridized carbons (Fsp3) is 0.583. The van der Waals surface area contributed by atoms with E-state index in [0.29, 0.717) is 6.42 Å². The molecule has 1 amide bonds. The van der Waals surface area contributed by atoms with Gasteiger partial charge in [0.25, 0.3) is 0 Å². The van der Waals surface area contributed by atoms with E-state index in [4.69, 9.17) is 0 Å². The van der Waals surface area contributed by atoms with Crippen molar-refractivity contribution in [3.05, 3.63) is 46.1 Å². The second-order valence-electron chi connectivity index (χ2n) is 8.83. The average Bonchev–Trinajstić information content (AvgIpc) is 3.13. The first kappa shape index (κ1) is 21.1. The van der Waals surface area contributed by atoms with Crippen LogP contribution in [0.25, 0.3) is 0 Å². The number of aromatic nitrogens is 2. The highest BCUT2D eigenvalue weighted by atomic mass is 16.1. The van der Waals surface area contributed by atoms with Gasteiger partial charge in [-0.05, 0) is 43.5 Å². The molecular formula is C24H35N5O. The summed E-state index contributed by atoms with van der Waals surface area (Å²) in [6.45, 7) is 16.3. The Morgan fingerprint density at radius 2 is 1.80 bits per heavy atom. The Kier molecular flexibility index (Phi) is 6.25. The van der Waals surface area contributed by atoms with E-state index in [0.717, 1.165) is 63.6 Å². The molecule has 6 heteroatoms. The van der Waals surface area contributed by atoms with Crippen LogP contribution in [0.4, 0.5) is 5.82 Å². The largest absolute Gasteiger partial charge is 0.311 e. The number of likely N-dealkylation sites (N-methyl/N-ethyl adjacent to an activating group) is 1. The summed E-state index contributed by atoms with van der Waals surface area (Å²) in [4.78, 5) is 17.6. The molecule has 2 aromatic rings. The van der Waals surface area contributed by atoms with Gasteiger partial charge in [0, 0.05) is 57.2 Å². The van der Waals surface area contributed by atoms with Crippen molar-refractivity contribution < 1.29 is 4.79 Å². The molecular weight excluding hydrogens is 374 g/mol. The third kappa shape index (κ3) is 4.16. The lowest BCUT2D eigenvalue weighted by Gasteiger charge is -2.34. The average molecular weight is 410 g/mol. The number of amides is 1. The normalized spacial score (nSPS) is 20.3. The number of anilines is 1. The lowest BCUT2D eigenvalue weighted by atomic mass is 9.82. The Labute approximate surface area is 180 Å². The molecule has 162 valence electrons. The first-order valence-corrected chi connectivity index (χ1v) is 11.4. The molecule has 1 fully saturated rings. The Hall–Kier alpha value is -2.18. The molecule has 1 aromatic carbocycles. The molecule has 4 rings (SSSR count). The van der Waals surface area contributed by atoms with E-state index < -0.39 is 0 Å². The van der Waals surface area contributed by atoms with E-state index >= 15 is 0 Å². The van der Waals surface area contributed by atoms with Gasteiger partial charge in [-0.1, -0.05) is 31.5 Å². The molecule has 0 radical (unpaired) electrons. The summed E-state index contributed by atoms with van der Waals surface area (Å²) in [5.41, 5.74) is 6.42. The zero-order chi connectivity index (χ0) is 21.3. The smallest absolute Gasteiger partial charge is 0.226 e. The molecule has 6 nitrogen and oxygen atoms in total. The summed E-state index contributed by atoms with van der Waals surface area (Å²) in [6, 6.07) is 4.60. The van der Waals surface area contributed by atoms with Crippen LogP contribution >= 0.6 is 0 Å². The molecule has 1 aromatic heterocycles. The molecule has 1 atom stereocenters. The van der Waals surface area contributed by atoms with Gasteiger partial charge in [-0.3, -0.25) is 9.69 Å². The fourth-order valence-corrected chi connectivity index (χ4v) is 4.92. The van der Waals surface area contributed by atoms with Crippen LogP contribution in [-0.4, -0.2) is 58.2 Å². The van der Waals surface area contributed by atoms with Crippen LogP contribution < -0.4 is 5.32 Å². The van der Waals surface area contributed by atoms with Gasteiger partial charge < -0.3 is 10.2 Å². The van der Waals surface area contributed by atoms with Gasteiger partial charge in [0.1, 0.15) is 5.82 Å². The zero-order valence-corrected chi connectivity index (χ0v) is 18.9. The Morgan fingerprint density at radius 1 is 1.07 bits per heavy atom. The number of fused-ring (bicyclic) bond motifs is 1. The number of piperazine rings is 1. The van der Waals surface area contributed by atoms with Gasteiger partial charge in [0.15, 0.2) is 0 Å². The highest BCUT2D eigenvalue weighted by Crippen LogP contribution is 2.39. The lowest BCUT2D eigenvalue weighted by Crippen LogP contribution is -2.45. The maximum atomic E-state index is 12.6. The van der Waals surface area contributed by atoms with E-state index in [1.165, 1.54) is 22.3 Å². The maximum absolute atomic E-state index is 12.6. The predicted molar refractivity (Wildman–Crippen MR) is 121 cm³/mol. The quantitative estimate of drug-likeness (QED) is 0.793. The molecule has 0 spiro atoms. The van der Waals surface area contributed by atoms with Gasteiger partial charge in [0.2, 0.25) is 5.91 Å². The summed E-state index contributed by atoms with van der Waals surface area (Å²) in [7, 11) is 0. The lowest BCUT2D eigenvalue weighted by molar-refractivity contribution is -0.116. The van der Waals surface area contributed by atoms with Crippen LogP contribution in [0.15, 0.2) is 18.3 Å². The van der Waals surface area contributed by atoms with E-state index in [9.17, 15) is 4.79 Å². The number of hydrogen-bond acceptors (Lipinski definition) is 4. The van der Waals surface area contributed by atoms with Crippen LogP contribution in [0, 0.1) is 13.8 Å². The molecule has 1 N–H and O–H groups in total. The van der Waals surface area contributed by atoms with Crippen molar-refractivity contribution in [2.24, 2.45) is 0 Å². The summed E-state index contributed by atoms with van der Waals surface area (Å²) in [5, 5.41) is 7.64. The maximum Gasteiger partial charge on any atom is 0.226 e. The summed E-state index contributed by atoms with van der Waals surface area (Å²) in [6.07, 6.45) is 3.44. The van der Waals surface area contributed by atoms with Crippen molar-refractivity contribution in [3.8, 4) is 0 Å². The molecule has 0 bridgehead atoms. The van der Waals surface area contributed by atoms with E-state index in [1.807, 2.05) is 10.9 Å². The van der Waals surface area contributed by atoms with Gasteiger partial charge in [-0.2, -0.15) is 5.10 Å². The number of carbonyl (C=O) groups is 1. The zero-order valence-electron chi connectivity index (χ0n) is 18.9. The van der Waals surface area contributed by atoms with Crippen LogP contribution in [0.2, 0.25) is 0 Å². The van der Waals surface area contributed by atoms with Crippen LogP contribution in [-0.2, 0) is 17.9 Å². The molecule has 2 aliphatic rings. The molecule has 1 unspecified atom stereocenters. The summed E-state index contributed by atoms with van der Waals surface area (Å²) in [5.74, 6) is 1.05. The van der Waals surface area contributed by atoms with Crippen molar-refractivity contribution in [2.45, 2.75) is 59.5 Å². The van der Waals surface area contributed by atoms with Crippen molar-refractivity contribution in [2.75, 3.05) is 38.0 Å². The highest BCUT2D eigenvalue weighted by Gasteiger charge is 2.31. The summed E-state index contributed by atoms with van der Waals surface area (Å²) >= 11 is 0. The second-order valence-corrected chi connectivity index (χ2v) is 8.83. The van der Waals surface area contributed by atoms with Gasteiger partial charge in [-0.15, -0.1) is 0 Å². The number of carbonyl (C=O) groups excluding carboxylic acids is 1. The minimum atomic E-state index is 0.0787. The van der Waals surface area contributed by atoms with E-state index in [2.05, 4.69) is 60.0 Å². The number of nitrogens with zero attached hydrogens (tertiary/aromatic N) is 4.